The van der Waals surface area contributed by atoms with Crippen LogP contribution in [-0.2, 0) is 11.3 Å². The molecule has 4 nitrogen and oxygen atoms in total. The van der Waals surface area contributed by atoms with Gasteiger partial charge >= 0.3 is 0 Å². The van der Waals surface area contributed by atoms with E-state index in [1.165, 1.54) is 0 Å². The zero-order chi connectivity index (χ0) is 15.7. The molecule has 0 saturated carbocycles. The number of amides is 1. The zero-order valence-corrected chi connectivity index (χ0v) is 12.9. The Bertz CT molecular complexity index is 475. The molecule has 1 aromatic carbocycles. The van der Waals surface area contributed by atoms with Gasteiger partial charge in [-0.1, -0.05) is 30.4 Å². The van der Waals surface area contributed by atoms with Gasteiger partial charge in [0.15, 0.2) is 0 Å². The number of hydrogen-bond acceptors (Lipinski definition) is 3. The number of nitrogens with zero attached hydrogens (tertiary/aromatic N) is 2. The SMILES string of the molecule is C=CCN(CC=C)CC(=O)N(C)Cc1ccccc1OC. The van der Waals surface area contributed by atoms with E-state index >= 15 is 0 Å². The van der Waals surface area contributed by atoms with Gasteiger partial charge < -0.3 is 9.64 Å². The van der Waals surface area contributed by atoms with Gasteiger partial charge in [-0.05, 0) is 6.07 Å². The van der Waals surface area contributed by atoms with Crippen molar-refractivity contribution in [1.82, 2.24) is 9.80 Å². The van der Waals surface area contributed by atoms with Gasteiger partial charge in [-0.2, -0.15) is 0 Å². The van der Waals surface area contributed by atoms with E-state index < -0.39 is 0 Å². The van der Waals surface area contributed by atoms with Crippen LogP contribution >= 0.6 is 0 Å². The Hall–Kier alpha value is -2.07. The highest BCUT2D eigenvalue weighted by molar-refractivity contribution is 5.78. The van der Waals surface area contributed by atoms with E-state index in [4.69, 9.17) is 4.74 Å². The van der Waals surface area contributed by atoms with E-state index in [0.717, 1.165) is 11.3 Å². The Morgan fingerprint density at radius 2 is 1.86 bits per heavy atom. The first kappa shape index (κ1) is 17.0. The first-order valence-electron chi connectivity index (χ1n) is 6.92. The maximum atomic E-state index is 12.3. The summed E-state index contributed by atoms with van der Waals surface area (Å²) < 4.78 is 5.31. The molecule has 1 amide bonds. The van der Waals surface area contributed by atoms with Crippen molar-refractivity contribution in [2.75, 3.05) is 33.8 Å². The summed E-state index contributed by atoms with van der Waals surface area (Å²) in [6, 6.07) is 7.72. The van der Waals surface area contributed by atoms with Gasteiger partial charge in [-0.15, -0.1) is 13.2 Å². The maximum absolute atomic E-state index is 12.3. The quantitative estimate of drug-likeness (QED) is 0.654. The van der Waals surface area contributed by atoms with Crippen molar-refractivity contribution in [1.29, 1.82) is 0 Å². The van der Waals surface area contributed by atoms with Crippen molar-refractivity contribution in [3.8, 4) is 5.75 Å². The van der Waals surface area contributed by atoms with E-state index in [1.807, 2.05) is 29.2 Å². The standard InChI is InChI=1S/C17H24N2O2/c1-5-11-19(12-6-2)14-17(20)18(3)13-15-9-7-8-10-16(15)21-4/h5-10H,1-2,11-14H2,3-4H3. The summed E-state index contributed by atoms with van der Waals surface area (Å²) in [4.78, 5) is 16.0. The smallest absolute Gasteiger partial charge is 0.236 e. The van der Waals surface area contributed by atoms with Gasteiger partial charge in [-0.3, -0.25) is 9.69 Å². The summed E-state index contributed by atoms with van der Waals surface area (Å²) in [7, 11) is 3.44. The number of likely N-dealkylation sites (N-methyl/N-ethyl adjacent to an activating group) is 1. The third kappa shape index (κ3) is 5.44. The molecule has 0 unspecified atom stereocenters. The molecule has 0 saturated heterocycles. The minimum absolute atomic E-state index is 0.0598. The number of ether oxygens (including phenoxy) is 1. The Kier molecular flexibility index (Phi) is 7.26. The molecule has 1 rings (SSSR count). The Balaban J connectivity index is 2.65. The molecule has 0 aromatic heterocycles. The fraction of sp³-hybridized carbons (Fsp3) is 0.353. The number of hydrogen-bond donors (Lipinski definition) is 0. The molecule has 0 heterocycles. The van der Waals surface area contributed by atoms with Crippen molar-refractivity contribution in [3.05, 3.63) is 55.1 Å². The van der Waals surface area contributed by atoms with Crippen LogP contribution in [0.1, 0.15) is 5.56 Å². The van der Waals surface area contributed by atoms with Crippen LogP contribution in [0.25, 0.3) is 0 Å². The van der Waals surface area contributed by atoms with Crippen LogP contribution in [-0.4, -0.2) is 49.5 Å². The monoisotopic (exact) mass is 288 g/mol. The molecule has 21 heavy (non-hydrogen) atoms. The van der Waals surface area contributed by atoms with Gasteiger partial charge in [0.05, 0.1) is 13.7 Å². The molecule has 0 aliphatic rings. The van der Waals surface area contributed by atoms with Crippen molar-refractivity contribution < 1.29 is 9.53 Å². The van der Waals surface area contributed by atoms with Crippen molar-refractivity contribution in [2.45, 2.75) is 6.54 Å². The Morgan fingerprint density at radius 3 is 2.43 bits per heavy atom. The highest BCUT2D eigenvalue weighted by atomic mass is 16.5. The third-order valence-electron chi connectivity index (χ3n) is 3.16. The van der Waals surface area contributed by atoms with E-state index in [0.29, 0.717) is 26.2 Å². The summed E-state index contributed by atoms with van der Waals surface area (Å²) in [6.07, 6.45) is 3.58. The van der Waals surface area contributed by atoms with Crippen LogP contribution in [0.2, 0.25) is 0 Å². The lowest BCUT2D eigenvalue weighted by molar-refractivity contribution is -0.131. The third-order valence-corrected chi connectivity index (χ3v) is 3.16. The summed E-state index contributed by atoms with van der Waals surface area (Å²) in [5.41, 5.74) is 0.995. The van der Waals surface area contributed by atoms with Crippen LogP contribution in [0.15, 0.2) is 49.6 Å². The number of benzene rings is 1. The zero-order valence-electron chi connectivity index (χ0n) is 12.9. The lowest BCUT2D eigenvalue weighted by Gasteiger charge is -2.23. The fourth-order valence-electron chi connectivity index (χ4n) is 2.06. The second-order valence-electron chi connectivity index (χ2n) is 4.83. The summed E-state index contributed by atoms with van der Waals surface area (Å²) in [5, 5.41) is 0. The van der Waals surface area contributed by atoms with Crippen molar-refractivity contribution >= 4 is 5.91 Å². The van der Waals surface area contributed by atoms with Crippen LogP contribution in [0.4, 0.5) is 0 Å². The van der Waals surface area contributed by atoms with Crippen LogP contribution in [0, 0.1) is 0 Å². The topological polar surface area (TPSA) is 32.8 Å². The Morgan fingerprint density at radius 1 is 1.24 bits per heavy atom. The largest absolute Gasteiger partial charge is 0.496 e. The number of rotatable bonds is 9. The molecule has 0 spiro atoms. The second-order valence-corrected chi connectivity index (χ2v) is 4.83. The number of methoxy groups -OCH3 is 1. The molecule has 114 valence electrons. The normalized spacial score (nSPS) is 10.2. The number of para-hydroxylation sites is 1. The molecule has 4 heteroatoms. The minimum atomic E-state index is 0.0598. The molecule has 0 radical (unpaired) electrons. The van der Waals surface area contributed by atoms with Gasteiger partial charge in [0, 0.05) is 32.2 Å². The van der Waals surface area contributed by atoms with Gasteiger partial charge in [0.25, 0.3) is 0 Å². The predicted octanol–water partition coefficient (Wildman–Crippen LogP) is 2.33. The van der Waals surface area contributed by atoms with E-state index in [-0.39, 0.29) is 5.91 Å². The summed E-state index contributed by atoms with van der Waals surface area (Å²) >= 11 is 0. The predicted molar refractivity (Wildman–Crippen MR) is 86.3 cm³/mol. The van der Waals surface area contributed by atoms with E-state index in [9.17, 15) is 4.79 Å². The molecule has 1 aromatic rings. The second kappa shape index (κ2) is 8.97. The van der Waals surface area contributed by atoms with Crippen LogP contribution in [0.5, 0.6) is 5.75 Å². The fourth-order valence-corrected chi connectivity index (χ4v) is 2.06. The average Bonchev–Trinajstić information content (AvgIpc) is 2.48. The summed E-state index contributed by atoms with van der Waals surface area (Å²) in [6.45, 7) is 9.63. The van der Waals surface area contributed by atoms with Gasteiger partial charge in [0.2, 0.25) is 5.91 Å². The van der Waals surface area contributed by atoms with Crippen molar-refractivity contribution in [2.24, 2.45) is 0 Å². The number of carbonyl (C=O) groups excluding carboxylic acids is 1. The molecule has 0 aliphatic heterocycles. The molecular weight excluding hydrogens is 264 g/mol. The van der Waals surface area contributed by atoms with E-state index in [1.54, 1.807) is 31.2 Å². The molecule has 0 fully saturated rings. The highest BCUT2D eigenvalue weighted by Gasteiger charge is 2.14. The van der Waals surface area contributed by atoms with Crippen molar-refractivity contribution in [3.63, 3.8) is 0 Å². The van der Waals surface area contributed by atoms with E-state index in [2.05, 4.69) is 13.2 Å². The van der Waals surface area contributed by atoms with Crippen LogP contribution in [0.3, 0.4) is 0 Å². The lowest BCUT2D eigenvalue weighted by Crippen LogP contribution is -2.38. The molecule has 0 atom stereocenters. The maximum Gasteiger partial charge on any atom is 0.236 e. The number of carbonyl (C=O) groups is 1. The van der Waals surface area contributed by atoms with Gasteiger partial charge in [0.1, 0.15) is 5.75 Å². The average molecular weight is 288 g/mol. The molecule has 0 N–H and O–H groups in total. The first-order valence-corrected chi connectivity index (χ1v) is 6.92. The first-order chi connectivity index (χ1) is 10.1. The minimum Gasteiger partial charge on any atom is -0.496 e. The lowest BCUT2D eigenvalue weighted by atomic mass is 10.2. The van der Waals surface area contributed by atoms with Gasteiger partial charge in [-0.25, -0.2) is 0 Å². The molecule has 0 bridgehead atoms. The molecule has 0 aliphatic carbocycles. The molecular formula is C17H24N2O2. The van der Waals surface area contributed by atoms with Crippen LogP contribution < -0.4 is 4.74 Å². The Labute approximate surface area is 127 Å². The summed E-state index contributed by atoms with van der Waals surface area (Å²) in [5.74, 6) is 0.857. The highest BCUT2D eigenvalue weighted by Crippen LogP contribution is 2.18.